The molecule has 2 N–H and O–H groups in total. The normalized spacial score (nSPS) is 22.5. The molecule has 2 aliphatic rings. The number of H-pyrrole nitrogens is 1. The molecule has 3 aromatic heterocycles. The molecule has 38 heavy (non-hydrogen) atoms. The summed E-state index contributed by atoms with van der Waals surface area (Å²) in [6, 6.07) is 3.41. The van der Waals surface area contributed by atoms with Crippen LogP contribution in [0.25, 0.3) is 5.65 Å². The first-order valence-electron chi connectivity index (χ1n) is 13.5. The van der Waals surface area contributed by atoms with E-state index in [0.717, 1.165) is 68.7 Å². The number of amides is 2. The summed E-state index contributed by atoms with van der Waals surface area (Å²) in [5.41, 5.74) is 0.0419. The van der Waals surface area contributed by atoms with Crippen molar-refractivity contribution in [2.45, 2.75) is 76.9 Å². The lowest BCUT2D eigenvalue weighted by Gasteiger charge is -2.39. The lowest BCUT2D eigenvalue weighted by Crippen LogP contribution is -2.43. The van der Waals surface area contributed by atoms with E-state index < -0.39 is 17.6 Å². The van der Waals surface area contributed by atoms with Crippen molar-refractivity contribution < 1.29 is 22.8 Å². The largest absolute Gasteiger partial charge is 0.416 e. The van der Waals surface area contributed by atoms with E-state index in [9.17, 15) is 22.8 Å². The fraction of sp³-hybridized carbons (Fsp3) is 0.556. The molecule has 204 valence electrons. The maximum Gasteiger partial charge on any atom is 0.416 e. The van der Waals surface area contributed by atoms with Gasteiger partial charge in [0, 0.05) is 24.7 Å². The number of pyridine rings is 1. The average molecular weight is 531 g/mol. The van der Waals surface area contributed by atoms with E-state index in [-0.39, 0.29) is 35.0 Å². The zero-order chi connectivity index (χ0) is 26.9. The van der Waals surface area contributed by atoms with E-state index in [1.165, 1.54) is 29.6 Å². The van der Waals surface area contributed by atoms with E-state index in [4.69, 9.17) is 0 Å². The number of halogens is 3. The minimum Gasteiger partial charge on any atom is -0.334 e. The van der Waals surface area contributed by atoms with Crippen LogP contribution in [0.3, 0.4) is 0 Å². The van der Waals surface area contributed by atoms with Gasteiger partial charge >= 0.3 is 6.18 Å². The van der Waals surface area contributed by atoms with Crippen LogP contribution in [0, 0.1) is 11.8 Å². The first kappa shape index (κ1) is 26.2. The van der Waals surface area contributed by atoms with E-state index in [0.29, 0.717) is 6.54 Å². The zero-order valence-corrected chi connectivity index (χ0v) is 21.4. The molecule has 1 unspecified atom stereocenters. The number of rotatable bonds is 6. The van der Waals surface area contributed by atoms with E-state index in [2.05, 4.69) is 27.4 Å². The van der Waals surface area contributed by atoms with Gasteiger partial charge < -0.3 is 10.2 Å². The van der Waals surface area contributed by atoms with E-state index in [1.807, 2.05) is 4.90 Å². The Labute approximate surface area is 219 Å². The predicted octanol–water partition coefficient (Wildman–Crippen LogP) is 5.99. The first-order valence-corrected chi connectivity index (χ1v) is 13.5. The maximum absolute atomic E-state index is 13.5. The Hall–Kier alpha value is -3.37. The van der Waals surface area contributed by atoms with Gasteiger partial charge in [-0.25, -0.2) is 4.98 Å². The van der Waals surface area contributed by atoms with Crippen molar-refractivity contribution in [2.75, 3.05) is 11.9 Å². The van der Waals surface area contributed by atoms with Crippen LogP contribution in [-0.2, 0) is 11.0 Å². The maximum atomic E-state index is 13.5. The number of carbonyl (C=O) groups excluding carboxylic acids is 2. The number of imidazole rings is 1. The molecule has 2 amide bonds. The summed E-state index contributed by atoms with van der Waals surface area (Å²) in [5.74, 6) is 0.757. The molecule has 4 heterocycles. The van der Waals surface area contributed by atoms with Gasteiger partial charge in [0.1, 0.15) is 11.3 Å². The van der Waals surface area contributed by atoms with Crippen LogP contribution in [-0.4, -0.2) is 42.8 Å². The van der Waals surface area contributed by atoms with Crippen LogP contribution in [0.2, 0.25) is 0 Å². The summed E-state index contributed by atoms with van der Waals surface area (Å²) in [7, 11) is 0. The molecule has 1 aliphatic carbocycles. The van der Waals surface area contributed by atoms with Gasteiger partial charge in [0.05, 0.1) is 23.5 Å². The average Bonchev–Trinajstić information content (AvgIpc) is 3.55. The third-order valence-corrected chi connectivity index (χ3v) is 7.95. The molecule has 0 radical (unpaired) electrons. The van der Waals surface area contributed by atoms with Gasteiger partial charge in [0.15, 0.2) is 5.82 Å². The fourth-order valence-electron chi connectivity index (χ4n) is 5.94. The second kappa shape index (κ2) is 10.8. The number of likely N-dealkylation sites (tertiary alicyclic amines) is 1. The summed E-state index contributed by atoms with van der Waals surface area (Å²) in [6.45, 7) is 2.92. The van der Waals surface area contributed by atoms with Crippen molar-refractivity contribution in [3.05, 3.63) is 47.5 Å². The Morgan fingerprint density at radius 3 is 2.66 bits per heavy atom. The molecule has 2 fully saturated rings. The molecule has 0 bridgehead atoms. The second-order valence-corrected chi connectivity index (χ2v) is 10.5. The molecule has 1 atom stereocenters. The number of fused-ring (bicyclic) bond motifs is 1. The highest BCUT2D eigenvalue weighted by Gasteiger charge is 2.35. The Morgan fingerprint density at radius 1 is 1.13 bits per heavy atom. The number of anilines is 1. The van der Waals surface area contributed by atoms with Crippen molar-refractivity contribution in [1.82, 2.24) is 24.5 Å². The monoisotopic (exact) mass is 530 g/mol. The van der Waals surface area contributed by atoms with Crippen LogP contribution < -0.4 is 5.32 Å². The van der Waals surface area contributed by atoms with Crippen molar-refractivity contribution in [2.24, 2.45) is 11.8 Å². The first-order chi connectivity index (χ1) is 18.2. The molecule has 1 saturated heterocycles. The van der Waals surface area contributed by atoms with Crippen molar-refractivity contribution in [3.8, 4) is 0 Å². The SMILES string of the molecule is CCCC1CCC(C(=O)N2CCCCC2c2cc(NC(=O)c3cnc4cc(C(F)(F)F)ccn34)n[nH]2)CC1. The molecular formula is C27H33F3N6O2. The van der Waals surface area contributed by atoms with Gasteiger partial charge in [-0.2, -0.15) is 18.3 Å². The quantitative estimate of drug-likeness (QED) is 0.409. The second-order valence-electron chi connectivity index (χ2n) is 10.5. The van der Waals surface area contributed by atoms with Crippen LogP contribution >= 0.6 is 0 Å². The Kier molecular flexibility index (Phi) is 7.45. The number of hydrogen-bond acceptors (Lipinski definition) is 4. The molecule has 0 spiro atoms. The number of nitrogens with zero attached hydrogens (tertiary/aromatic N) is 4. The summed E-state index contributed by atoms with van der Waals surface area (Å²) < 4.78 is 40.3. The molecule has 5 rings (SSSR count). The van der Waals surface area contributed by atoms with Crippen molar-refractivity contribution >= 4 is 23.3 Å². The van der Waals surface area contributed by atoms with Crippen LogP contribution in [0.1, 0.15) is 92.5 Å². The molecule has 0 aromatic carbocycles. The van der Waals surface area contributed by atoms with Crippen LogP contribution in [0.5, 0.6) is 0 Å². The Morgan fingerprint density at radius 2 is 1.92 bits per heavy atom. The van der Waals surface area contributed by atoms with Crippen LogP contribution in [0.15, 0.2) is 30.6 Å². The highest BCUT2D eigenvalue weighted by Crippen LogP contribution is 2.37. The molecule has 11 heteroatoms. The Balaban J connectivity index is 1.27. The van der Waals surface area contributed by atoms with Crippen LogP contribution in [0.4, 0.5) is 19.0 Å². The Bertz CT molecular complexity index is 1290. The minimum absolute atomic E-state index is 0.0211. The number of hydrogen-bond donors (Lipinski definition) is 2. The number of alkyl halides is 3. The van der Waals surface area contributed by atoms with E-state index >= 15 is 0 Å². The van der Waals surface area contributed by atoms with Gasteiger partial charge in [-0.1, -0.05) is 19.8 Å². The number of carbonyl (C=O) groups is 2. The predicted molar refractivity (Wildman–Crippen MR) is 135 cm³/mol. The lowest BCUT2D eigenvalue weighted by molar-refractivity contribution is -0.141. The van der Waals surface area contributed by atoms with Gasteiger partial charge in [-0.05, 0) is 63.0 Å². The standard InChI is InChI=1S/C27H33F3N6O2/c1-2-5-17-7-9-18(10-8-17)26(38)36-12-4-3-6-21(36)20-15-23(34-33-20)32-25(37)22-16-31-24-14-19(27(28,29)30)11-13-35(22)24/h11,13-18,21H,2-10,12H2,1H3,(H2,32,33,34,37). The summed E-state index contributed by atoms with van der Waals surface area (Å²) in [6.07, 6.45) is 7.24. The number of aromatic amines is 1. The molecular weight excluding hydrogens is 497 g/mol. The topological polar surface area (TPSA) is 95.4 Å². The molecule has 8 nitrogen and oxygen atoms in total. The number of piperidine rings is 1. The lowest BCUT2D eigenvalue weighted by atomic mass is 9.79. The highest BCUT2D eigenvalue weighted by atomic mass is 19.4. The van der Waals surface area contributed by atoms with Crippen molar-refractivity contribution in [1.29, 1.82) is 0 Å². The molecule has 1 aliphatic heterocycles. The van der Waals surface area contributed by atoms with Gasteiger partial charge in [-0.3, -0.25) is 19.1 Å². The number of aromatic nitrogens is 4. The summed E-state index contributed by atoms with van der Waals surface area (Å²) in [4.78, 5) is 32.3. The zero-order valence-electron chi connectivity index (χ0n) is 21.4. The van der Waals surface area contributed by atoms with Gasteiger partial charge in [0.2, 0.25) is 5.91 Å². The third kappa shape index (κ3) is 5.42. The highest BCUT2D eigenvalue weighted by molar-refractivity contribution is 6.03. The van der Waals surface area contributed by atoms with Gasteiger partial charge in [0.25, 0.3) is 5.91 Å². The number of nitrogens with one attached hydrogen (secondary N) is 2. The fourth-order valence-corrected chi connectivity index (χ4v) is 5.94. The summed E-state index contributed by atoms with van der Waals surface area (Å²) >= 11 is 0. The smallest absolute Gasteiger partial charge is 0.334 e. The molecule has 3 aromatic rings. The van der Waals surface area contributed by atoms with Gasteiger partial charge in [-0.15, -0.1) is 0 Å². The summed E-state index contributed by atoms with van der Waals surface area (Å²) in [5, 5.41) is 9.92. The van der Waals surface area contributed by atoms with Crippen molar-refractivity contribution in [3.63, 3.8) is 0 Å². The minimum atomic E-state index is -4.50. The molecule has 1 saturated carbocycles. The van der Waals surface area contributed by atoms with E-state index in [1.54, 1.807) is 6.07 Å². The third-order valence-electron chi connectivity index (χ3n) is 7.95.